The molecule has 0 bridgehead atoms. The van der Waals surface area contributed by atoms with Crippen molar-refractivity contribution in [3.05, 3.63) is 56.5 Å². The van der Waals surface area contributed by atoms with Crippen molar-refractivity contribution in [2.24, 2.45) is 0 Å². The number of nitrogens with one attached hydrogen (secondary N) is 1. The monoisotopic (exact) mass is 480 g/mol. The van der Waals surface area contributed by atoms with Gasteiger partial charge in [-0.05, 0) is 26.0 Å². The standard InChI is InChI=1S/C17H14Cl3F3N6O/c1-8-13(20)14(17(21,22)23)26-29(8)9(2)15(30)25-16-24-7-28(27-16)6-10-11(18)4-3-5-12(10)19/h3-5,7,9H,6H2,1-2H3,(H,25,27,30). The fraction of sp³-hybridized carbons (Fsp3) is 0.294. The highest BCUT2D eigenvalue weighted by atomic mass is 35.5. The number of rotatable bonds is 5. The Hall–Kier alpha value is -2.30. The van der Waals surface area contributed by atoms with Crippen LogP contribution in [0, 0.1) is 6.92 Å². The van der Waals surface area contributed by atoms with Crippen molar-refractivity contribution >= 4 is 46.7 Å². The van der Waals surface area contributed by atoms with Crippen LogP contribution in [0.4, 0.5) is 19.1 Å². The van der Waals surface area contributed by atoms with Crippen LogP contribution in [0.2, 0.25) is 15.1 Å². The number of carbonyl (C=O) groups is 1. The van der Waals surface area contributed by atoms with E-state index in [0.717, 1.165) is 4.68 Å². The molecule has 2 aromatic heterocycles. The Morgan fingerprint density at radius 3 is 2.40 bits per heavy atom. The van der Waals surface area contributed by atoms with Gasteiger partial charge < -0.3 is 0 Å². The summed E-state index contributed by atoms with van der Waals surface area (Å²) >= 11 is 18.0. The highest BCUT2D eigenvalue weighted by molar-refractivity contribution is 6.36. The lowest BCUT2D eigenvalue weighted by molar-refractivity contribution is -0.141. The lowest BCUT2D eigenvalue weighted by Gasteiger charge is -2.13. The number of aromatic nitrogens is 5. The molecule has 30 heavy (non-hydrogen) atoms. The average molecular weight is 482 g/mol. The van der Waals surface area contributed by atoms with Gasteiger partial charge in [0.1, 0.15) is 12.4 Å². The Morgan fingerprint density at radius 2 is 1.83 bits per heavy atom. The smallest absolute Gasteiger partial charge is 0.291 e. The summed E-state index contributed by atoms with van der Waals surface area (Å²) in [5, 5.41) is 10.3. The second kappa shape index (κ2) is 8.44. The maximum atomic E-state index is 13.0. The van der Waals surface area contributed by atoms with Gasteiger partial charge in [-0.1, -0.05) is 40.9 Å². The Kier molecular flexibility index (Phi) is 6.30. The number of halogens is 6. The summed E-state index contributed by atoms with van der Waals surface area (Å²) in [6, 6.07) is 3.97. The van der Waals surface area contributed by atoms with Gasteiger partial charge in [0.25, 0.3) is 5.91 Å². The molecule has 0 fully saturated rings. The summed E-state index contributed by atoms with van der Waals surface area (Å²) in [5.41, 5.74) is -0.614. The maximum absolute atomic E-state index is 13.0. The number of anilines is 1. The third-order valence-corrected chi connectivity index (χ3v) is 5.41. The second-order valence-electron chi connectivity index (χ2n) is 6.32. The molecule has 160 valence electrons. The predicted molar refractivity (Wildman–Crippen MR) is 106 cm³/mol. The van der Waals surface area contributed by atoms with E-state index in [1.165, 1.54) is 24.9 Å². The van der Waals surface area contributed by atoms with Crippen molar-refractivity contribution in [1.82, 2.24) is 24.5 Å². The van der Waals surface area contributed by atoms with Crippen LogP contribution in [0.5, 0.6) is 0 Å². The third-order valence-electron chi connectivity index (χ3n) is 4.25. The highest BCUT2D eigenvalue weighted by Crippen LogP contribution is 2.36. The van der Waals surface area contributed by atoms with E-state index in [0.29, 0.717) is 15.6 Å². The molecule has 0 radical (unpaired) electrons. The molecule has 13 heteroatoms. The first-order valence-electron chi connectivity index (χ1n) is 8.44. The van der Waals surface area contributed by atoms with Crippen molar-refractivity contribution in [3.8, 4) is 0 Å². The molecule has 1 atom stereocenters. The fourth-order valence-electron chi connectivity index (χ4n) is 2.66. The van der Waals surface area contributed by atoms with Crippen LogP contribution < -0.4 is 5.32 Å². The van der Waals surface area contributed by atoms with Crippen molar-refractivity contribution in [2.45, 2.75) is 32.6 Å². The normalized spacial score (nSPS) is 12.8. The number of hydrogen-bond acceptors (Lipinski definition) is 4. The first kappa shape index (κ1) is 22.4. The topological polar surface area (TPSA) is 77.6 Å². The number of benzene rings is 1. The quantitative estimate of drug-likeness (QED) is 0.556. The molecule has 0 aliphatic rings. The molecule has 7 nitrogen and oxygen atoms in total. The number of amides is 1. The van der Waals surface area contributed by atoms with Crippen LogP contribution >= 0.6 is 34.8 Å². The summed E-state index contributed by atoms with van der Waals surface area (Å²) < 4.78 is 41.3. The zero-order valence-electron chi connectivity index (χ0n) is 15.5. The molecule has 1 aromatic carbocycles. The van der Waals surface area contributed by atoms with Gasteiger partial charge in [0.15, 0.2) is 5.69 Å². The second-order valence-corrected chi connectivity index (χ2v) is 7.51. The number of nitrogens with zero attached hydrogens (tertiary/aromatic N) is 5. The van der Waals surface area contributed by atoms with Crippen LogP contribution in [-0.4, -0.2) is 30.5 Å². The van der Waals surface area contributed by atoms with E-state index >= 15 is 0 Å². The van der Waals surface area contributed by atoms with E-state index in [9.17, 15) is 18.0 Å². The number of hydrogen-bond donors (Lipinski definition) is 1. The van der Waals surface area contributed by atoms with Crippen LogP contribution in [0.3, 0.4) is 0 Å². The summed E-state index contributed by atoms with van der Waals surface area (Å²) in [7, 11) is 0. The molecular weight excluding hydrogens is 468 g/mol. The summed E-state index contributed by atoms with van der Waals surface area (Å²) in [5.74, 6) is -0.707. The molecular formula is C17H14Cl3F3N6O. The minimum absolute atomic E-state index is 0.0125. The summed E-state index contributed by atoms with van der Waals surface area (Å²) in [6.45, 7) is 2.93. The maximum Gasteiger partial charge on any atom is 0.436 e. The van der Waals surface area contributed by atoms with E-state index in [1.807, 2.05) is 0 Å². The fourth-order valence-corrected chi connectivity index (χ4v) is 3.40. The largest absolute Gasteiger partial charge is 0.436 e. The molecule has 1 unspecified atom stereocenters. The van der Waals surface area contributed by atoms with Gasteiger partial charge in [-0.25, -0.2) is 9.67 Å². The zero-order chi connectivity index (χ0) is 22.2. The predicted octanol–water partition coefficient (Wildman–Crippen LogP) is 5.01. The minimum atomic E-state index is -4.73. The van der Waals surface area contributed by atoms with Crippen molar-refractivity contribution in [3.63, 3.8) is 0 Å². The molecule has 0 saturated heterocycles. The molecule has 2 heterocycles. The Bertz CT molecular complexity index is 1070. The summed E-state index contributed by atoms with van der Waals surface area (Å²) in [4.78, 5) is 16.5. The van der Waals surface area contributed by atoms with Gasteiger partial charge in [-0.3, -0.25) is 14.8 Å². The first-order chi connectivity index (χ1) is 14.0. The van der Waals surface area contributed by atoms with Crippen molar-refractivity contribution < 1.29 is 18.0 Å². The Balaban J connectivity index is 1.74. The molecule has 1 amide bonds. The van der Waals surface area contributed by atoms with Gasteiger partial charge in [0.2, 0.25) is 5.95 Å². The van der Waals surface area contributed by atoms with Gasteiger partial charge in [-0.2, -0.15) is 18.3 Å². The summed E-state index contributed by atoms with van der Waals surface area (Å²) in [6.07, 6.45) is -3.37. The lowest BCUT2D eigenvalue weighted by Crippen LogP contribution is -2.26. The molecule has 3 rings (SSSR count). The SMILES string of the molecule is Cc1c(Cl)c(C(F)(F)F)nn1C(C)C(=O)Nc1ncn(Cc2c(Cl)cccc2Cl)n1. The molecule has 0 aliphatic heterocycles. The van der Waals surface area contributed by atoms with E-state index in [2.05, 4.69) is 20.5 Å². The van der Waals surface area contributed by atoms with Crippen LogP contribution in [0.1, 0.15) is 29.9 Å². The number of alkyl halides is 3. The van der Waals surface area contributed by atoms with E-state index < -0.39 is 28.8 Å². The van der Waals surface area contributed by atoms with Gasteiger partial charge in [0, 0.05) is 15.6 Å². The number of carbonyl (C=O) groups excluding carboxylic acids is 1. The lowest BCUT2D eigenvalue weighted by atomic mass is 10.2. The average Bonchev–Trinajstić information content (AvgIpc) is 3.22. The van der Waals surface area contributed by atoms with Crippen molar-refractivity contribution in [2.75, 3.05) is 5.32 Å². The Morgan fingerprint density at radius 1 is 1.20 bits per heavy atom. The molecule has 0 aliphatic carbocycles. The van der Waals surface area contributed by atoms with E-state index in [4.69, 9.17) is 34.8 Å². The molecule has 0 saturated carbocycles. The molecule has 0 spiro atoms. The van der Waals surface area contributed by atoms with Crippen LogP contribution in [0.15, 0.2) is 24.5 Å². The molecule has 1 N–H and O–H groups in total. The zero-order valence-corrected chi connectivity index (χ0v) is 17.8. The minimum Gasteiger partial charge on any atom is -0.291 e. The third kappa shape index (κ3) is 4.55. The van der Waals surface area contributed by atoms with E-state index in [1.54, 1.807) is 18.2 Å². The van der Waals surface area contributed by atoms with Gasteiger partial charge in [0.05, 0.1) is 17.3 Å². The van der Waals surface area contributed by atoms with Crippen molar-refractivity contribution in [1.29, 1.82) is 0 Å². The highest BCUT2D eigenvalue weighted by Gasteiger charge is 2.39. The van der Waals surface area contributed by atoms with Crippen LogP contribution in [0.25, 0.3) is 0 Å². The van der Waals surface area contributed by atoms with Gasteiger partial charge >= 0.3 is 6.18 Å². The first-order valence-corrected chi connectivity index (χ1v) is 9.57. The Labute approximate surface area is 183 Å². The van der Waals surface area contributed by atoms with E-state index in [-0.39, 0.29) is 18.2 Å². The van der Waals surface area contributed by atoms with Crippen LogP contribution in [-0.2, 0) is 17.5 Å². The van der Waals surface area contributed by atoms with Gasteiger partial charge in [-0.15, -0.1) is 5.10 Å². The molecule has 3 aromatic rings.